The van der Waals surface area contributed by atoms with Crippen molar-refractivity contribution < 1.29 is 33.6 Å². The molecule has 2 heterocycles. The molecule has 1 fully saturated rings. The standard InChI is InChI=1S/C26H25NO7S/c1-31-17-9-7-15(8-10-17)23(28)21-22(16-12-19(32-2)25(34-4)20(13-16)33-3)27(26(30)24(21)29)14-18-6-5-11-35-18/h5-13,22,28H,14H2,1-4H3/b23-21+. The molecule has 1 unspecified atom stereocenters. The maximum atomic E-state index is 13.3. The van der Waals surface area contributed by atoms with Crippen molar-refractivity contribution >= 4 is 28.8 Å². The van der Waals surface area contributed by atoms with Crippen LogP contribution in [0.4, 0.5) is 0 Å². The third-order valence-electron chi connectivity index (χ3n) is 5.81. The highest BCUT2D eigenvalue weighted by atomic mass is 32.1. The molecule has 1 saturated heterocycles. The van der Waals surface area contributed by atoms with E-state index in [2.05, 4.69) is 0 Å². The van der Waals surface area contributed by atoms with Crippen molar-refractivity contribution in [2.24, 2.45) is 0 Å². The van der Waals surface area contributed by atoms with Gasteiger partial charge in [0.2, 0.25) is 5.75 Å². The zero-order chi connectivity index (χ0) is 25.1. The molecule has 4 rings (SSSR count). The number of methoxy groups -OCH3 is 4. The third kappa shape index (κ3) is 4.42. The van der Waals surface area contributed by atoms with Gasteiger partial charge in [-0.15, -0.1) is 11.3 Å². The number of Topliss-reactive ketones (excluding diaryl/α,β-unsaturated/α-hetero) is 1. The van der Waals surface area contributed by atoms with Gasteiger partial charge in [0.25, 0.3) is 11.7 Å². The first-order chi connectivity index (χ1) is 16.9. The molecule has 0 bridgehead atoms. The molecule has 0 radical (unpaired) electrons. The number of aliphatic hydroxyl groups is 1. The summed E-state index contributed by atoms with van der Waals surface area (Å²) in [5.41, 5.74) is 0.897. The summed E-state index contributed by atoms with van der Waals surface area (Å²) >= 11 is 1.47. The second kappa shape index (κ2) is 10.1. The van der Waals surface area contributed by atoms with Crippen molar-refractivity contribution in [3.05, 3.63) is 75.5 Å². The molecule has 1 aliphatic heterocycles. The Morgan fingerprint density at radius 1 is 0.943 bits per heavy atom. The van der Waals surface area contributed by atoms with Crippen molar-refractivity contribution in [1.29, 1.82) is 0 Å². The van der Waals surface area contributed by atoms with E-state index in [1.807, 2.05) is 17.5 Å². The minimum atomic E-state index is -0.882. The van der Waals surface area contributed by atoms with Crippen LogP contribution in [0.5, 0.6) is 23.0 Å². The fraction of sp³-hybridized carbons (Fsp3) is 0.231. The van der Waals surface area contributed by atoms with Crippen molar-refractivity contribution in [1.82, 2.24) is 4.90 Å². The smallest absolute Gasteiger partial charge is 0.295 e. The van der Waals surface area contributed by atoms with Gasteiger partial charge in [-0.25, -0.2) is 0 Å². The van der Waals surface area contributed by atoms with E-state index in [1.165, 1.54) is 44.7 Å². The molecule has 1 N–H and O–H groups in total. The molecule has 0 aliphatic carbocycles. The summed E-state index contributed by atoms with van der Waals surface area (Å²) in [4.78, 5) is 28.8. The molecule has 35 heavy (non-hydrogen) atoms. The number of thiophene rings is 1. The van der Waals surface area contributed by atoms with Crippen LogP contribution >= 0.6 is 11.3 Å². The van der Waals surface area contributed by atoms with Gasteiger partial charge in [0.1, 0.15) is 11.5 Å². The maximum absolute atomic E-state index is 13.3. The average molecular weight is 496 g/mol. The summed E-state index contributed by atoms with van der Waals surface area (Å²) in [5.74, 6) is -0.0368. The minimum Gasteiger partial charge on any atom is -0.507 e. The Balaban J connectivity index is 1.92. The number of nitrogens with zero attached hydrogens (tertiary/aromatic N) is 1. The Bertz CT molecular complexity index is 1240. The van der Waals surface area contributed by atoms with Gasteiger partial charge in [-0.3, -0.25) is 9.59 Å². The molecular weight excluding hydrogens is 470 g/mol. The van der Waals surface area contributed by atoms with Crippen LogP contribution in [0.2, 0.25) is 0 Å². The number of likely N-dealkylation sites (tertiary alicyclic amines) is 1. The van der Waals surface area contributed by atoms with Gasteiger partial charge >= 0.3 is 0 Å². The predicted octanol–water partition coefficient (Wildman–Crippen LogP) is 4.40. The number of aliphatic hydroxyl groups excluding tert-OH is 1. The first kappa shape index (κ1) is 24.2. The highest BCUT2D eigenvalue weighted by molar-refractivity contribution is 7.09. The van der Waals surface area contributed by atoms with Gasteiger partial charge in [0, 0.05) is 10.4 Å². The first-order valence-electron chi connectivity index (χ1n) is 10.7. The molecule has 0 spiro atoms. The number of ketones is 1. The average Bonchev–Trinajstić information content (AvgIpc) is 3.49. The number of amides is 1. The molecular formula is C26H25NO7S. The molecule has 182 valence electrons. The van der Waals surface area contributed by atoms with Crippen LogP contribution in [0.3, 0.4) is 0 Å². The van der Waals surface area contributed by atoms with Crippen molar-refractivity contribution in [2.45, 2.75) is 12.6 Å². The number of rotatable bonds is 8. The van der Waals surface area contributed by atoms with Gasteiger partial charge in [0.05, 0.1) is 46.6 Å². The lowest BCUT2D eigenvalue weighted by Crippen LogP contribution is -2.29. The topological polar surface area (TPSA) is 94.5 Å². The molecule has 9 heteroatoms. The highest BCUT2D eigenvalue weighted by Gasteiger charge is 2.46. The van der Waals surface area contributed by atoms with Gasteiger partial charge in [-0.05, 0) is 53.4 Å². The quantitative estimate of drug-likeness (QED) is 0.281. The zero-order valence-corrected chi connectivity index (χ0v) is 20.5. The summed E-state index contributed by atoms with van der Waals surface area (Å²) in [5, 5.41) is 13.2. The van der Waals surface area contributed by atoms with Crippen LogP contribution in [0, 0.1) is 0 Å². The molecule has 1 atom stereocenters. The van der Waals surface area contributed by atoms with E-state index >= 15 is 0 Å². The predicted molar refractivity (Wildman–Crippen MR) is 131 cm³/mol. The fourth-order valence-electron chi connectivity index (χ4n) is 4.12. The lowest BCUT2D eigenvalue weighted by Gasteiger charge is -2.26. The lowest BCUT2D eigenvalue weighted by atomic mass is 9.94. The number of hydrogen-bond donors (Lipinski definition) is 1. The minimum absolute atomic E-state index is 0.0222. The molecule has 3 aromatic rings. The zero-order valence-electron chi connectivity index (χ0n) is 19.7. The largest absolute Gasteiger partial charge is 0.507 e. The van der Waals surface area contributed by atoms with E-state index in [1.54, 1.807) is 36.4 Å². The van der Waals surface area contributed by atoms with Crippen molar-refractivity contribution in [3.8, 4) is 23.0 Å². The summed E-state index contributed by atoms with van der Waals surface area (Å²) in [6.07, 6.45) is 0. The van der Waals surface area contributed by atoms with Gasteiger partial charge in [0.15, 0.2) is 11.5 Å². The fourth-order valence-corrected chi connectivity index (χ4v) is 4.83. The number of benzene rings is 2. The number of carbonyl (C=O) groups excluding carboxylic acids is 2. The Labute approximate surface area is 206 Å². The number of carbonyl (C=O) groups is 2. The summed E-state index contributed by atoms with van der Waals surface area (Å²) in [6.45, 7) is 0.197. The second-order valence-corrected chi connectivity index (χ2v) is 8.73. The molecule has 1 amide bonds. The summed E-state index contributed by atoms with van der Waals surface area (Å²) < 4.78 is 21.6. The highest BCUT2D eigenvalue weighted by Crippen LogP contribution is 2.46. The van der Waals surface area contributed by atoms with Crippen LogP contribution in [0.1, 0.15) is 22.0 Å². The Hall–Kier alpha value is -3.98. The Kier molecular flexibility index (Phi) is 6.97. The number of hydrogen-bond acceptors (Lipinski definition) is 8. The molecule has 1 aliphatic rings. The first-order valence-corrected chi connectivity index (χ1v) is 11.6. The van der Waals surface area contributed by atoms with Crippen LogP contribution in [-0.4, -0.2) is 50.1 Å². The third-order valence-corrected chi connectivity index (χ3v) is 6.67. The van der Waals surface area contributed by atoms with Gasteiger partial charge in [-0.1, -0.05) is 6.07 Å². The lowest BCUT2D eigenvalue weighted by molar-refractivity contribution is -0.140. The SMILES string of the molecule is COc1ccc(/C(O)=C2\C(=O)C(=O)N(Cc3cccs3)C2c2cc(OC)c(OC)c(OC)c2)cc1. The van der Waals surface area contributed by atoms with Crippen LogP contribution in [-0.2, 0) is 16.1 Å². The van der Waals surface area contributed by atoms with E-state index in [9.17, 15) is 14.7 Å². The second-order valence-electron chi connectivity index (χ2n) is 7.69. The van der Waals surface area contributed by atoms with E-state index in [0.29, 0.717) is 34.1 Å². The molecule has 0 saturated carbocycles. The summed E-state index contributed by atoms with van der Waals surface area (Å²) in [6, 6.07) is 12.9. The molecule has 1 aromatic heterocycles. The molecule has 2 aromatic carbocycles. The summed E-state index contributed by atoms with van der Waals surface area (Å²) in [7, 11) is 6.00. The van der Waals surface area contributed by atoms with E-state index in [0.717, 1.165) is 4.88 Å². The Morgan fingerprint density at radius 2 is 1.60 bits per heavy atom. The van der Waals surface area contributed by atoms with E-state index < -0.39 is 17.7 Å². The number of ether oxygens (including phenoxy) is 4. The monoisotopic (exact) mass is 495 g/mol. The van der Waals surface area contributed by atoms with E-state index in [4.69, 9.17) is 18.9 Å². The van der Waals surface area contributed by atoms with Gasteiger partial charge < -0.3 is 29.0 Å². The Morgan fingerprint density at radius 3 is 2.11 bits per heavy atom. The van der Waals surface area contributed by atoms with Crippen molar-refractivity contribution in [3.63, 3.8) is 0 Å². The maximum Gasteiger partial charge on any atom is 0.295 e. The van der Waals surface area contributed by atoms with Crippen LogP contribution in [0.25, 0.3) is 5.76 Å². The normalized spacial score (nSPS) is 16.9. The van der Waals surface area contributed by atoms with Crippen molar-refractivity contribution in [2.75, 3.05) is 28.4 Å². The van der Waals surface area contributed by atoms with Crippen LogP contribution < -0.4 is 18.9 Å². The van der Waals surface area contributed by atoms with Gasteiger partial charge in [-0.2, -0.15) is 0 Å². The van der Waals surface area contributed by atoms with Crippen LogP contribution in [0.15, 0.2) is 59.5 Å². The van der Waals surface area contributed by atoms with E-state index in [-0.39, 0.29) is 17.9 Å². The molecule has 8 nitrogen and oxygen atoms in total.